The third kappa shape index (κ3) is 4.43. The molecule has 6 nitrogen and oxygen atoms in total. The van der Waals surface area contributed by atoms with Crippen LogP contribution < -0.4 is 5.56 Å². The summed E-state index contributed by atoms with van der Waals surface area (Å²) >= 11 is 13.3. The van der Waals surface area contributed by atoms with Crippen molar-refractivity contribution in [2.45, 2.75) is 5.16 Å². The number of hydrogen-bond donors (Lipinski definition) is 0. The molecule has 4 rings (SSSR count). The standard InChI is InChI=1S/C20H17Cl2N3O3S/c21-13-1-4-15(5-2-13)25-19(27)16-6-3-14(22)11-17(16)23-20(25)29-12-18(26)24-7-9-28-10-8-24/h1-6,11H,7-10,12H2. The van der Waals surface area contributed by atoms with Crippen molar-refractivity contribution in [3.05, 3.63) is 62.9 Å². The number of carbonyl (C=O) groups excluding carboxylic acids is 1. The number of benzene rings is 2. The molecule has 0 spiro atoms. The Kier molecular flexibility index (Phi) is 6.10. The van der Waals surface area contributed by atoms with Gasteiger partial charge >= 0.3 is 0 Å². The topological polar surface area (TPSA) is 64.4 Å². The Morgan fingerprint density at radius 3 is 2.48 bits per heavy atom. The molecule has 0 aliphatic carbocycles. The van der Waals surface area contributed by atoms with E-state index in [2.05, 4.69) is 4.98 Å². The van der Waals surface area contributed by atoms with Crippen molar-refractivity contribution in [3.63, 3.8) is 0 Å². The predicted octanol–water partition coefficient (Wildman–Crippen LogP) is 3.64. The largest absolute Gasteiger partial charge is 0.378 e. The fourth-order valence-electron chi connectivity index (χ4n) is 3.08. The molecule has 2 heterocycles. The summed E-state index contributed by atoms with van der Waals surface area (Å²) in [4.78, 5) is 32.2. The molecule has 0 saturated carbocycles. The Hall–Kier alpha value is -2.06. The monoisotopic (exact) mass is 449 g/mol. The second-order valence-electron chi connectivity index (χ2n) is 6.45. The molecule has 0 N–H and O–H groups in total. The van der Waals surface area contributed by atoms with Crippen molar-refractivity contribution in [3.8, 4) is 5.69 Å². The van der Waals surface area contributed by atoms with Crippen LogP contribution in [0.2, 0.25) is 10.0 Å². The van der Waals surface area contributed by atoms with Gasteiger partial charge < -0.3 is 9.64 Å². The van der Waals surface area contributed by atoms with Gasteiger partial charge in [0.05, 0.1) is 35.6 Å². The van der Waals surface area contributed by atoms with Crippen LogP contribution in [-0.4, -0.2) is 52.4 Å². The number of carbonyl (C=O) groups is 1. The van der Waals surface area contributed by atoms with Gasteiger partial charge in [-0.05, 0) is 42.5 Å². The first-order valence-corrected chi connectivity index (χ1v) is 10.7. The van der Waals surface area contributed by atoms with Crippen molar-refractivity contribution < 1.29 is 9.53 Å². The SMILES string of the molecule is O=C(CSc1nc2cc(Cl)ccc2c(=O)n1-c1ccc(Cl)cc1)N1CCOCC1. The summed E-state index contributed by atoms with van der Waals surface area (Å²) < 4.78 is 6.80. The number of hydrogen-bond acceptors (Lipinski definition) is 5. The number of nitrogens with zero attached hydrogens (tertiary/aromatic N) is 3. The molecule has 1 saturated heterocycles. The molecule has 150 valence electrons. The van der Waals surface area contributed by atoms with E-state index in [1.807, 2.05) is 0 Å². The predicted molar refractivity (Wildman–Crippen MR) is 115 cm³/mol. The second kappa shape index (κ2) is 8.75. The minimum Gasteiger partial charge on any atom is -0.378 e. The first-order valence-electron chi connectivity index (χ1n) is 8.99. The van der Waals surface area contributed by atoms with Crippen molar-refractivity contribution in [1.82, 2.24) is 14.5 Å². The summed E-state index contributed by atoms with van der Waals surface area (Å²) in [5.74, 6) is 0.160. The molecule has 0 unspecified atom stereocenters. The van der Waals surface area contributed by atoms with E-state index in [1.54, 1.807) is 47.4 Å². The third-order valence-electron chi connectivity index (χ3n) is 4.57. The minimum atomic E-state index is -0.227. The molecular weight excluding hydrogens is 433 g/mol. The molecule has 1 aliphatic heterocycles. The van der Waals surface area contributed by atoms with Crippen molar-refractivity contribution in [1.29, 1.82) is 0 Å². The summed E-state index contributed by atoms with van der Waals surface area (Å²) in [7, 11) is 0. The maximum Gasteiger partial charge on any atom is 0.266 e. The smallest absolute Gasteiger partial charge is 0.266 e. The normalized spacial score (nSPS) is 14.3. The van der Waals surface area contributed by atoms with Crippen LogP contribution in [-0.2, 0) is 9.53 Å². The third-order valence-corrected chi connectivity index (χ3v) is 5.98. The zero-order chi connectivity index (χ0) is 20.4. The number of thioether (sulfide) groups is 1. The maximum absolute atomic E-state index is 13.2. The first-order chi connectivity index (χ1) is 14.0. The van der Waals surface area contributed by atoms with Crippen molar-refractivity contribution in [2.24, 2.45) is 0 Å². The zero-order valence-electron chi connectivity index (χ0n) is 15.3. The van der Waals surface area contributed by atoms with Gasteiger partial charge in [-0.1, -0.05) is 35.0 Å². The number of rotatable bonds is 4. The van der Waals surface area contributed by atoms with Crippen LogP contribution in [0.15, 0.2) is 52.4 Å². The molecular formula is C20H17Cl2N3O3S. The van der Waals surface area contributed by atoms with Crippen LogP contribution in [0.1, 0.15) is 0 Å². The number of morpholine rings is 1. The Morgan fingerprint density at radius 1 is 1.07 bits per heavy atom. The fourth-order valence-corrected chi connectivity index (χ4v) is 4.29. The lowest BCUT2D eigenvalue weighted by molar-refractivity contribution is -0.132. The van der Waals surface area contributed by atoms with E-state index in [0.717, 1.165) is 0 Å². The average Bonchev–Trinajstić information content (AvgIpc) is 2.73. The Bertz CT molecular complexity index is 1110. The van der Waals surface area contributed by atoms with Gasteiger partial charge in [0, 0.05) is 23.1 Å². The van der Waals surface area contributed by atoms with E-state index in [0.29, 0.717) is 58.1 Å². The van der Waals surface area contributed by atoms with E-state index in [9.17, 15) is 9.59 Å². The molecule has 0 radical (unpaired) electrons. The van der Waals surface area contributed by atoms with E-state index in [4.69, 9.17) is 27.9 Å². The highest BCUT2D eigenvalue weighted by Gasteiger charge is 2.19. The summed E-state index contributed by atoms with van der Waals surface area (Å²) in [5, 5.41) is 1.94. The van der Waals surface area contributed by atoms with Gasteiger partial charge in [-0.25, -0.2) is 4.98 Å². The number of amides is 1. The van der Waals surface area contributed by atoms with Crippen LogP contribution in [0.3, 0.4) is 0 Å². The highest BCUT2D eigenvalue weighted by atomic mass is 35.5. The lowest BCUT2D eigenvalue weighted by Crippen LogP contribution is -2.41. The average molecular weight is 450 g/mol. The molecule has 1 fully saturated rings. The molecule has 0 bridgehead atoms. The highest BCUT2D eigenvalue weighted by molar-refractivity contribution is 7.99. The van der Waals surface area contributed by atoms with Gasteiger partial charge in [-0.2, -0.15) is 0 Å². The number of fused-ring (bicyclic) bond motifs is 1. The van der Waals surface area contributed by atoms with Gasteiger partial charge in [-0.15, -0.1) is 0 Å². The van der Waals surface area contributed by atoms with Gasteiger partial charge in [0.2, 0.25) is 5.91 Å². The van der Waals surface area contributed by atoms with Crippen LogP contribution in [0.25, 0.3) is 16.6 Å². The summed E-state index contributed by atoms with van der Waals surface area (Å²) in [5.41, 5.74) is 0.898. The van der Waals surface area contributed by atoms with E-state index in [1.165, 1.54) is 16.3 Å². The van der Waals surface area contributed by atoms with Crippen molar-refractivity contribution >= 4 is 51.8 Å². The molecule has 9 heteroatoms. The quantitative estimate of drug-likeness (QED) is 0.449. The van der Waals surface area contributed by atoms with Crippen LogP contribution >= 0.6 is 35.0 Å². The molecule has 29 heavy (non-hydrogen) atoms. The zero-order valence-corrected chi connectivity index (χ0v) is 17.6. The molecule has 2 aromatic carbocycles. The number of ether oxygens (including phenoxy) is 1. The van der Waals surface area contributed by atoms with Crippen LogP contribution in [0, 0.1) is 0 Å². The second-order valence-corrected chi connectivity index (χ2v) is 8.27. The van der Waals surface area contributed by atoms with Gasteiger partial charge in [-0.3, -0.25) is 14.2 Å². The lowest BCUT2D eigenvalue weighted by Gasteiger charge is -2.26. The van der Waals surface area contributed by atoms with Crippen LogP contribution in [0.5, 0.6) is 0 Å². The fraction of sp³-hybridized carbons (Fsp3) is 0.250. The van der Waals surface area contributed by atoms with Gasteiger partial charge in [0.25, 0.3) is 5.56 Å². The molecule has 0 atom stereocenters. The van der Waals surface area contributed by atoms with Crippen LogP contribution in [0.4, 0.5) is 0 Å². The molecule has 1 aromatic heterocycles. The summed E-state index contributed by atoms with van der Waals surface area (Å²) in [6.45, 7) is 2.23. The van der Waals surface area contributed by atoms with Gasteiger partial charge in [0.1, 0.15) is 0 Å². The maximum atomic E-state index is 13.2. The van der Waals surface area contributed by atoms with E-state index < -0.39 is 0 Å². The Labute approximate surface area is 181 Å². The van der Waals surface area contributed by atoms with Gasteiger partial charge in [0.15, 0.2) is 5.16 Å². The Morgan fingerprint density at radius 2 is 1.76 bits per heavy atom. The number of halogens is 2. The highest BCUT2D eigenvalue weighted by Crippen LogP contribution is 2.24. The minimum absolute atomic E-state index is 0.0126. The summed E-state index contributed by atoms with van der Waals surface area (Å²) in [6, 6.07) is 11.9. The number of aromatic nitrogens is 2. The molecule has 1 amide bonds. The summed E-state index contributed by atoms with van der Waals surface area (Å²) in [6.07, 6.45) is 0. The molecule has 1 aliphatic rings. The van der Waals surface area contributed by atoms with Crippen molar-refractivity contribution in [2.75, 3.05) is 32.1 Å². The first kappa shape index (κ1) is 20.2. The molecule has 3 aromatic rings. The van der Waals surface area contributed by atoms with E-state index >= 15 is 0 Å². The Balaban J connectivity index is 1.73. The lowest BCUT2D eigenvalue weighted by atomic mass is 10.2. The van der Waals surface area contributed by atoms with E-state index in [-0.39, 0.29) is 17.2 Å².